The fraction of sp³-hybridized carbons (Fsp3) is 0.455. The maximum Gasteiger partial charge on any atom is 0.0589 e. The van der Waals surface area contributed by atoms with Crippen LogP contribution in [0.25, 0.3) is 0 Å². The monoisotopic (exact) mass is 209 g/mol. The summed E-state index contributed by atoms with van der Waals surface area (Å²) in [6, 6.07) is 6.08. The van der Waals surface area contributed by atoms with Gasteiger partial charge in [-0.2, -0.15) is 0 Å². The molecule has 3 heteroatoms. The van der Waals surface area contributed by atoms with Crippen LogP contribution in [0.15, 0.2) is 23.1 Å². The minimum Gasteiger partial charge on any atom is -0.399 e. The summed E-state index contributed by atoms with van der Waals surface area (Å²) in [5.41, 5.74) is 7.90. The van der Waals surface area contributed by atoms with Gasteiger partial charge in [0.2, 0.25) is 0 Å². The molecule has 0 aliphatic carbocycles. The molecule has 1 aromatic rings. The highest BCUT2D eigenvalue weighted by Crippen LogP contribution is 2.31. The average Bonchev–Trinajstić information content (AvgIpc) is 2.64. The first-order valence-electron chi connectivity index (χ1n) is 4.86. The zero-order valence-electron chi connectivity index (χ0n) is 8.32. The molecule has 0 bridgehead atoms. The Bertz CT molecular complexity index is 321. The molecule has 1 saturated heterocycles. The third-order valence-electron chi connectivity index (χ3n) is 2.39. The molecule has 0 spiro atoms. The van der Waals surface area contributed by atoms with Crippen molar-refractivity contribution in [3.05, 3.63) is 23.8 Å². The predicted octanol–water partition coefficient (Wildman–Crippen LogP) is 2.46. The lowest BCUT2D eigenvalue weighted by atomic mass is 10.2. The standard InChI is InChI=1S/C11H15NOS/c1-8-2-3-9(12)6-11(8)14-10-4-5-13-7-10/h2-3,6,10H,4-5,7,12H2,1H3. The summed E-state index contributed by atoms with van der Waals surface area (Å²) in [4.78, 5) is 1.29. The van der Waals surface area contributed by atoms with Crippen LogP contribution in [-0.4, -0.2) is 18.5 Å². The lowest BCUT2D eigenvalue weighted by Crippen LogP contribution is -2.01. The second-order valence-corrected chi connectivity index (χ2v) is 4.97. The zero-order chi connectivity index (χ0) is 9.97. The Morgan fingerprint density at radius 2 is 2.36 bits per heavy atom. The summed E-state index contributed by atoms with van der Waals surface area (Å²) >= 11 is 1.89. The molecule has 1 aliphatic rings. The topological polar surface area (TPSA) is 35.2 Å². The third kappa shape index (κ3) is 2.22. The van der Waals surface area contributed by atoms with Gasteiger partial charge in [-0.25, -0.2) is 0 Å². The average molecular weight is 209 g/mol. The summed E-state index contributed by atoms with van der Waals surface area (Å²) < 4.78 is 5.35. The Kier molecular flexibility index (Phi) is 2.99. The number of ether oxygens (including phenoxy) is 1. The Labute approximate surface area is 88.8 Å². The second kappa shape index (κ2) is 4.24. The molecule has 2 rings (SSSR count). The highest BCUT2D eigenvalue weighted by atomic mass is 32.2. The molecule has 1 heterocycles. The van der Waals surface area contributed by atoms with E-state index in [1.165, 1.54) is 10.5 Å². The lowest BCUT2D eigenvalue weighted by Gasteiger charge is -2.10. The highest BCUT2D eigenvalue weighted by Gasteiger charge is 2.17. The molecule has 2 N–H and O–H groups in total. The number of aryl methyl sites for hydroxylation is 1. The molecule has 14 heavy (non-hydrogen) atoms. The third-order valence-corrected chi connectivity index (χ3v) is 3.79. The first-order chi connectivity index (χ1) is 6.75. The van der Waals surface area contributed by atoms with Crippen LogP contribution in [0.4, 0.5) is 5.69 Å². The number of hydrogen-bond donors (Lipinski definition) is 1. The summed E-state index contributed by atoms with van der Waals surface area (Å²) in [6.07, 6.45) is 1.15. The van der Waals surface area contributed by atoms with Crippen molar-refractivity contribution in [1.82, 2.24) is 0 Å². The minimum absolute atomic E-state index is 0.607. The fourth-order valence-corrected chi connectivity index (χ4v) is 2.72. The summed E-state index contributed by atoms with van der Waals surface area (Å²) in [5.74, 6) is 0. The van der Waals surface area contributed by atoms with E-state index in [9.17, 15) is 0 Å². The van der Waals surface area contributed by atoms with E-state index in [1.54, 1.807) is 0 Å². The lowest BCUT2D eigenvalue weighted by molar-refractivity contribution is 0.199. The van der Waals surface area contributed by atoms with Crippen LogP contribution in [0.1, 0.15) is 12.0 Å². The maximum absolute atomic E-state index is 5.76. The molecule has 1 fully saturated rings. The molecule has 0 saturated carbocycles. The quantitative estimate of drug-likeness (QED) is 0.760. The first-order valence-corrected chi connectivity index (χ1v) is 5.74. The molecule has 76 valence electrons. The Hall–Kier alpha value is -0.670. The van der Waals surface area contributed by atoms with Crippen molar-refractivity contribution in [2.75, 3.05) is 18.9 Å². The van der Waals surface area contributed by atoms with Gasteiger partial charge >= 0.3 is 0 Å². The van der Waals surface area contributed by atoms with Crippen LogP contribution >= 0.6 is 11.8 Å². The number of nitrogen functional groups attached to an aromatic ring is 1. The van der Waals surface area contributed by atoms with Crippen LogP contribution in [0.3, 0.4) is 0 Å². The Morgan fingerprint density at radius 1 is 1.50 bits per heavy atom. The van der Waals surface area contributed by atoms with Crippen molar-refractivity contribution in [3.8, 4) is 0 Å². The number of benzene rings is 1. The van der Waals surface area contributed by atoms with Gasteiger partial charge in [0.25, 0.3) is 0 Å². The molecular formula is C11H15NOS. The fourth-order valence-electron chi connectivity index (χ4n) is 1.53. The van der Waals surface area contributed by atoms with Crippen molar-refractivity contribution >= 4 is 17.4 Å². The van der Waals surface area contributed by atoms with Crippen molar-refractivity contribution in [2.24, 2.45) is 0 Å². The van der Waals surface area contributed by atoms with Gasteiger partial charge in [0.1, 0.15) is 0 Å². The summed E-state index contributed by atoms with van der Waals surface area (Å²) in [7, 11) is 0. The maximum atomic E-state index is 5.76. The summed E-state index contributed by atoms with van der Waals surface area (Å²) in [6.45, 7) is 3.90. The molecule has 1 aliphatic heterocycles. The number of thioether (sulfide) groups is 1. The molecule has 1 aromatic carbocycles. The number of nitrogens with two attached hydrogens (primary N) is 1. The molecular weight excluding hydrogens is 194 g/mol. The van der Waals surface area contributed by atoms with Crippen LogP contribution in [0, 0.1) is 6.92 Å². The van der Waals surface area contributed by atoms with Crippen LogP contribution in [0.5, 0.6) is 0 Å². The van der Waals surface area contributed by atoms with E-state index in [-0.39, 0.29) is 0 Å². The van der Waals surface area contributed by atoms with Gasteiger partial charge < -0.3 is 10.5 Å². The van der Waals surface area contributed by atoms with E-state index >= 15 is 0 Å². The van der Waals surface area contributed by atoms with Gasteiger partial charge in [-0.3, -0.25) is 0 Å². The molecule has 2 nitrogen and oxygen atoms in total. The largest absolute Gasteiger partial charge is 0.399 e. The molecule has 1 atom stereocenters. The van der Waals surface area contributed by atoms with E-state index in [1.807, 2.05) is 17.8 Å². The van der Waals surface area contributed by atoms with Crippen LogP contribution in [0.2, 0.25) is 0 Å². The normalized spacial score (nSPS) is 21.4. The van der Waals surface area contributed by atoms with Gasteiger partial charge in [-0.05, 0) is 31.0 Å². The van der Waals surface area contributed by atoms with E-state index in [0.29, 0.717) is 5.25 Å². The van der Waals surface area contributed by atoms with Crippen LogP contribution < -0.4 is 5.73 Å². The smallest absolute Gasteiger partial charge is 0.0589 e. The van der Waals surface area contributed by atoms with E-state index in [4.69, 9.17) is 10.5 Å². The Balaban J connectivity index is 2.10. The van der Waals surface area contributed by atoms with E-state index < -0.39 is 0 Å². The van der Waals surface area contributed by atoms with Gasteiger partial charge in [0, 0.05) is 22.4 Å². The first kappa shape index (κ1) is 9.87. The minimum atomic E-state index is 0.607. The number of rotatable bonds is 2. The van der Waals surface area contributed by atoms with Crippen molar-refractivity contribution in [2.45, 2.75) is 23.5 Å². The van der Waals surface area contributed by atoms with Gasteiger partial charge in [0.15, 0.2) is 0 Å². The SMILES string of the molecule is Cc1ccc(N)cc1SC1CCOC1. The van der Waals surface area contributed by atoms with E-state index in [2.05, 4.69) is 19.1 Å². The van der Waals surface area contributed by atoms with E-state index in [0.717, 1.165) is 25.3 Å². The molecule has 0 aromatic heterocycles. The molecule has 0 radical (unpaired) electrons. The van der Waals surface area contributed by atoms with Gasteiger partial charge in [0.05, 0.1) is 6.61 Å². The highest BCUT2D eigenvalue weighted by molar-refractivity contribution is 8.00. The summed E-state index contributed by atoms with van der Waals surface area (Å²) in [5, 5.41) is 0.607. The number of hydrogen-bond acceptors (Lipinski definition) is 3. The number of anilines is 1. The second-order valence-electron chi connectivity index (χ2n) is 3.63. The molecule has 1 unspecified atom stereocenters. The van der Waals surface area contributed by atoms with Crippen molar-refractivity contribution in [1.29, 1.82) is 0 Å². The van der Waals surface area contributed by atoms with Crippen LogP contribution in [-0.2, 0) is 4.74 Å². The van der Waals surface area contributed by atoms with Crippen molar-refractivity contribution in [3.63, 3.8) is 0 Å². The van der Waals surface area contributed by atoms with Gasteiger partial charge in [-0.1, -0.05) is 6.07 Å². The predicted molar refractivity (Wildman–Crippen MR) is 60.7 cm³/mol. The Morgan fingerprint density at radius 3 is 3.07 bits per heavy atom. The molecule has 0 amide bonds. The van der Waals surface area contributed by atoms with Gasteiger partial charge in [-0.15, -0.1) is 11.8 Å². The van der Waals surface area contributed by atoms with Crippen molar-refractivity contribution < 1.29 is 4.74 Å². The zero-order valence-corrected chi connectivity index (χ0v) is 9.14.